The van der Waals surface area contributed by atoms with E-state index in [-0.39, 0.29) is 16.9 Å². The van der Waals surface area contributed by atoms with E-state index < -0.39 is 0 Å². The zero-order valence-electron chi connectivity index (χ0n) is 16.4. The number of thiocarbonyl (C=S) groups is 1. The smallest absolute Gasteiger partial charge is 0.226 e. The Labute approximate surface area is 177 Å². The van der Waals surface area contributed by atoms with E-state index in [1.54, 1.807) is 6.07 Å². The molecule has 0 unspecified atom stereocenters. The van der Waals surface area contributed by atoms with Gasteiger partial charge in [0.15, 0.2) is 5.11 Å². The van der Waals surface area contributed by atoms with Crippen LogP contribution < -0.4 is 16.0 Å². The van der Waals surface area contributed by atoms with Gasteiger partial charge in [-0.25, -0.2) is 0 Å². The fourth-order valence-electron chi connectivity index (χ4n) is 3.62. The Morgan fingerprint density at radius 1 is 0.897 bits per heavy atom. The number of anilines is 2. The maximum atomic E-state index is 12.2. The normalized spacial score (nSPS) is 13.7. The lowest BCUT2D eigenvalue weighted by Gasteiger charge is -2.13. The van der Waals surface area contributed by atoms with E-state index in [1.165, 1.54) is 12.8 Å². The summed E-state index contributed by atoms with van der Waals surface area (Å²) in [5.41, 5.74) is 2.54. The van der Waals surface area contributed by atoms with Crippen LogP contribution in [-0.2, 0) is 16.0 Å². The van der Waals surface area contributed by atoms with E-state index >= 15 is 0 Å². The van der Waals surface area contributed by atoms with Gasteiger partial charge in [-0.1, -0.05) is 49.2 Å². The molecule has 1 saturated carbocycles. The zero-order valence-corrected chi connectivity index (χ0v) is 17.3. The van der Waals surface area contributed by atoms with Gasteiger partial charge in [-0.3, -0.25) is 9.59 Å². The van der Waals surface area contributed by atoms with Crippen molar-refractivity contribution in [1.29, 1.82) is 0 Å². The molecule has 0 saturated heterocycles. The first kappa shape index (κ1) is 21.0. The number of hydrogen-bond acceptors (Lipinski definition) is 3. The summed E-state index contributed by atoms with van der Waals surface area (Å²) in [7, 11) is 0. The van der Waals surface area contributed by atoms with Gasteiger partial charge in [0.2, 0.25) is 11.8 Å². The van der Waals surface area contributed by atoms with Crippen LogP contribution in [0.4, 0.5) is 11.4 Å². The molecule has 3 rings (SSSR count). The third-order valence-corrected chi connectivity index (χ3v) is 5.29. The Kier molecular flexibility index (Phi) is 7.76. The van der Waals surface area contributed by atoms with Gasteiger partial charge >= 0.3 is 0 Å². The number of aryl methyl sites for hydroxylation is 1. The van der Waals surface area contributed by atoms with Gasteiger partial charge in [0, 0.05) is 24.2 Å². The van der Waals surface area contributed by atoms with Crippen molar-refractivity contribution >= 4 is 40.5 Å². The lowest BCUT2D eigenvalue weighted by molar-refractivity contribution is -0.120. The topological polar surface area (TPSA) is 70.2 Å². The van der Waals surface area contributed by atoms with Crippen LogP contribution in [0.2, 0.25) is 0 Å². The summed E-state index contributed by atoms with van der Waals surface area (Å²) in [4.78, 5) is 24.3. The van der Waals surface area contributed by atoms with Gasteiger partial charge in [-0.05, 0) is 61.2 Å². The molecule has 5 nitrogen and oxygen atoms in total. The van der Waals surface area contributed by atoms with E-state index in [2.05, 4.69) is 16.0 Å². The minimum atomic E-state index is -0.0431. The predicted octanol–water partition coefficient (Wildman–Crippen LogP) is 4.65. The van der Waals surface area contributed by atoms with Gasteiger partial charge in [0.05, 0.1) is 0 Å². The number of nitrogens with one attached hydrogen (secondary N) is 3. The van der Waals surface area contributed by atoms with Gasteiger partial charge in [-0.15, -0.1) is 0 Å². The molecule has 1 aliphatic carbocycles. The Balaban J connectivity index is 1.45. The first-order valence-corrected chi connectivity index (χ1v) is 10.5. The monoisotopic (exact) mass is 409 g/mol. The molecular weight excluding hydrogens is 382 g/mol. The molecule has 2 amide bonds. The number of carbonyl (C=O) groups excluding carboxylic acids is 2. The average molecular weight is 410 g/mol. The predicted molar refractivity (Wildman–Crippen MR) is 121 cm³/mol. The van der Waals surface area contributed by atoms with Gasteiger partial charge in [-0.2, -0.15) is 0 Å². The molecule has 0 radical (unpaired) electrons. The van der Waals surface area contributed by atoms with Crippen molar-refractivity contribution in [2.75, 3.05) is 10.6 Å². The van der Waals surface area contributed by atoms with Crippen LogP contribution >= 0.6 is 12.2 Å². The Morgan fingerprint density at radius 2 is 1.59 bits per heavy atom. The molecule has 2 aromatic carbocycles. The molecular formula is C23H27N3O2S. The molecule has 0 aromatic heterocycles. The molecule has 0 bridgehead atoms. The van der Waals surface area contributed by atoms with Crippen LogP contribution in [0.5, 0.6) is 0 Å². The molecule has 6 heteroatoms. The van der Waals surface area contributed by atoms with Crippen LogP contribution in [0.1, 0.15) is 44.1 Å². The molecule has 1 aliphatic rings. The summed E-state index contributed by atoms with van der Waals surface area (Å²) in [6.45, 7) is 0. The fourth-order valence-corrected chi connectivity index (χ4v) is 3.85. The van der Waals surface area contributed by atoms with E-state index in [0.717, 1.165) is 24.1 Å². The van der Waals surface area contributed by atoms with Crippen molar-refractivity contribution in [3.63, 3.8) is 0 Å². The van der Waals surface area contributed by atoms with Gasteiger partial charge in [0.25, 0.3) is 0 Å². The highest BCUT2D eigenvalue weighted by Gasteiger charge is 2.18. The third kappa shape index (κ3) is 7.31. The molecule has 3 N–H and O–H groups in total. The minimum Gasteiger partial charge on any atom is -0.332 e. The second-order valence-corrected chi connectivity index (χ2v) is 7.88. The standard InChI is InChI=1S/C23H27N3O2S/c27-21(14-13-17-7-2-1-3-8-17)24-19-11-6-12-20(16-19)25-23(29)26-22(28)15-18-9-4-5-10-18/h1-3,6-8,11-12,16,18H,4-5,9-10,13-15H2,(H,24,27)(H2,25,26,28,29). The molecule has 0 spiro atoms. The lowest BCUT2D eigenvalue weighted by atomic mass is 10.0. The molecule has 2 aromatic rings. The number of amides is 2. The highest BCUT2D eigenvalue weighted by molar-refractivity contribution is 7.80. The summed E-state index contributed by atoms with van der Waals surface area (Å²) in [6, 6.07) is 17.2. The van der Waals surface area contributed by atoms with Crippen LogP contribution in [0.25, 0.3) is 0 Å². The van der Waals surface area contributed by atoms with Crippen molar-refractivity contribution in [1.82, 2.24) is 5.32 Å². The highest BCUT2D eigenvalue weighted by Crippen LogP contribution is 2.27. The quantitative estimate of drug-likeness (QED) is 0.582. The Hall–Kier alpha value is -2.73. The van der Waals surface area contributed by atoms with E-state index in [0.29, 0.717) is 30.9 Å². The van der Waals surface area contributed by atoms with Crippen LogP contribution in [0, 0.1) is 5.92 Å². The fraction of sp³-hybridized carbons (Fsp3) is 0.348. The second-order valence-electron chi connectivity index (χ2n) is 7.47. The van der Waals surface area contributed by atoms with Gasteiger partial charge in [0.1, 0.15) is 0 Å². The first-order chi connectivity index (χ1) is 14.1. The number of carbonyl (C=O) groups is 2. The summed E-state index contributed by atoms with van der Waals surface area (Å²) in [6.07, 6.45) is 6.31. The van der Waals surface area contributed by atoms with Crippen LogP contribution in [0.15, 0.2) is 54.6 Å². The van der Waals surface area contributed by atoms with Crippen LogP contribution in [0.3, 0.4) is 0 Å². The number of hydrogen-bond donors (Lipinski definition) is 3. The molecule has 0 heterocycles. The van der Waals surface area contributed by atoms with E-state index in [9.17, 15) is 9.59 Å². The van der Waals surface area contributed by atoms with Crippen molar-refractivity contribution in [2.24, 2.45) is 5.92 Å². The Bertz CT molecular complexity index is 848. The minimum absolute atomic E-state index is 0.0419. The van der Waals surface area contributed by atoms with E-state index in [4.69, 9.17) is 12.2 Å². The SMILES string of the molecule is O=C(CC1CCCC1)NC(=S)Nc1cccc(NC(=O)CCc2ccccc2)c1. The van der Waals surface area contributed by atoms with Crippen molar-refractivity contribution in [3.8, 4) is 0 Å². The number of benzene rings is 2. The summed E-state index contributed by atoms with van der Waals surface area (Å²) in [5, 5.41) is 8.95. The van der Waals surface area contributed by atoms with Crippen molar-refractivity contribution < 1.29 is 9.59 Å². The summed E-state index contributed by atoms with van der Waals surface area (Å²) in [5.74, 6) is 0.394. The van der Waals surface area contributed by atoms with E-state index in [1.807, 2.05) is 48.5 Å². The zero-order chi connectivity index (χ0) is 20.5. The molecule has 0 aliphatic heterocycles. The van der Waals surface area contributed by atoms with Crippen molar-refractivity contribution in [3.05, 3.63) is 60.2 Å². The third-order valence-electron chi connectivity index (χ3n) is 5.09. The van der Waals surface area contributed by atoms with Crippen LogP contribution in [-0.4, -0.2) is 16.9 Å². The second kappa shape index (κ2) is 10.7. The molecule has 29 heavy (non-hydrogen) atoms. The largest absolute Gasteiger partial charge is 0.332 e. The Morgan fingerprint density at radius 3 is 2.31 bits per heavy atom. The summed E-state index contributed by atoms with van der Waals surface area (Å²) >= 11 is 5.25. The first-order valence-electron chi connectivity index (χ1n) is 10.1. The average Bonchev–Trinajstić information content (AvgIpc) is 3.20. The molecule has 1 fully saturated rings. The lowest BCUT2D eigenvalue weighted by Crippen LogP contribution is -2.34. The molecule has 0 atom stereocenters. The maximum absolute atomic E-state index is 12.2. The number of rotatable bonds is 7. The van der Waals surface area contributed by atoms with Gasteiger partial charge < -0.3 is 16.0 Å². The molecule has 152 valence electrons. The highest BCUT2D eigenvalue weighted by atomic mass is 32.1. The maximum Gasteiger partial charge on any atom is 0.226 e. The van der Waals surface area contributed by atoms with Crippen molar-refractivity contribution in [2.45, 2.75) is 44.9 Å². The summed E-state index contributed by atoms with van der Waals surface area (Å²) < 4.78 is 0.